The van der Waals surface area contributed by atoms with Gasteiger partial charge in [-0.2, -0.15) is 0 Å². The van der Waals surface area contributed by atoms with Crippen molar-refractivity contribution in [1.29, 1.82) is 0 Å². The molecular weight excluding hydrogens is 432 g/mol. The second-order valence-electron chi connectivity index (χ2n) is 9.25. The molecule has 33 heavy (non-hydrogen) atoms. The fourth-order valence-corrected chi connectivity index (χ4v) is 5.73. The van der Waals surface area contributed by atoms with E-state index in [1.165, 1.54) is 19.0 Å². The van der Waals surface area contributed by atoms with Gasteiger partial charge < -0.3 is 31.3 Å². The third-order valence-electron chi connectivity index (χ3n) is 7.33. The van der Waals surface area contributed by atoms with Crippen LogP contribution in [-0.4, -0.2) is 79.7 Å². The highest BCUT2D eigenvalue weighted by molar-refractivity contribution is 6.25. The number of rotatable bonds is 2. The van der Waals surface area contributed by atoms with Crippen molar-refractivity contribution >= 4 is 17.5 Å². The number of carbonyl (C=O) groups excluding carboxylic acids is 3. The fraction of sp³-hybridized carbons (Fsp3) is 0.435. The Balaban J connectivity index is 2.07. The zero-order chi connectivity index (χ0) is 24.7. The summed E-state index contributed by atoms with van der Waals surface area (Å²) < 4.78 is 0. The number of aliphatic hydroxyl groups excluding tert-OH is 3. The SMILES string of the molecule is Cc1ccc2c(c1O)C(=O)C1=C(O)[C@@]3(O)C(=O)C(C(N)=O)=C(O)[C@@H](N(C)C)[C@H]3[C@H](O)[C@H]1[C@@H]2C. The molecule has 0 unspecified atom stereocenters. The van der Waals surface area contributed by atoms with Gasteiger partial charge in [0.1, 0.15) is 22.8 Å². The molecular formula is C23H26N2O8. The van der Waals surface area contributed by atoms with E-state index in [4.69, 9.17) is 5.73 Å². The van der Waals surface area contributed by atoms with Crippen LogP contribution in [0.25, 0.3) is 0 Å². The fourth-order valence-electron chi connectivity index (χ4n) is 5.73. The molecule has 0 saturated heterocycles. The molecule has 1 amide bonds. The van der Waals surface area contributed by atoms with E-state index >= 15 is 0 Å². The smallest absolute Gasteiger partial charge is 0.255 e. The number of hydrogen-bond donors (Lipinski definition) is 6. The van der Waals surface area contributed by atoms with Gasteiger partial charge in [-0.05, 0) is 38.1 Å². The van der Waals surface area contributed by atoms with Crippen molar-refractivity contribution in [1.82, 2.24) is 4.90 Å². The van der Waals surface area contributed by atoms with Gasteiger partial charge in [0.05, 0.1) is 23.6 Å². The Hall–Kier alpha value is -3.21. The number of hydrogen-bond acceptors (Lipinski definition) is 9. The lowest BCUT2D eigenvalue weighted by atomic mass is 9.55. The Kier molecular flexibility index (Phi) is 4.97. The summed E-state index contributed by atoms with van der Waals surface area (Å²) in [6, 6.07) is 1.99. The Morgan fingerprint density at radius 2 is 1.76 bits per heavy atom. The highest BCUT2D eigenvalue weighted by Gasteiger charge is 2.67. The first kappa shape index (κ1) is 23.0. The van der Waals surface area contributed by atoms with Gasteiger partial charge in [0.15, 0.2) is 11.4 Å². The maximum Gasteiger partial charge on any atom is 0.255 e. The van der Waals surface area contributed by atoms with Crippen molar-refractivity contribution in [2.24, 2.45) is 17.6 Å². The van der Waals surface area contributed by atoms with Gasteiger partial charge in [-0.1, -0.05) is 19.1 Å². The summed E-state index contributed by atoms with van der Waals surface area (Å²) in [5, 5.41) is 55.5. The number of likely N-dealkylation sites (N-methyl/N-ethyl adjacent to an activating group) is 1. The predicted molar refractivity (Wildman–Crippen MR) is 115 cm³/mol. The molecule has 0 heterocycles. The van der Waals surface area contributed by atoms with Crippen LogP contribution < -0.4 is 5.73 Å². The van der Waals surface area contributed by atoms with Crippen LogP contribution in [0.4, 0.5) is 0 Å². The summed E-state index contributed by atoms with van der Waals surface area (Å²) in [4.78, 5) is 40.1. The van der Waals surface area contributed by atoms with Gasteiger partial charge >= 0.3 is 0 Å². The number of phenols is 1. The second kappa shape index (κ2) is 7.14. The van der Waals surface area contributed by atoms with Crippen LogP contribution in [0.1, 0.15) is 34.3 Å². The topological polar surface area (TPSA) is 182 Å². The van der Waals surface area contributed by atoms with Crippen molar-refractivity contribution in [3.63, 3.8) is 0 Å². The molecule has 0 fully saturated rings. The van der Waals surface area contributed by atoms with Gasteiger partial charge in [-0.15, -0.1) is 0 Å². The standard InChI is InChI=1S/C23H26N2O8/c1-7-5-6-9-8(2)10-12(17(27)11(9)16(7)26)20(30)23(33)14(18(10)28)15(25(3)4)19(29)13(21(23)31)22(24)32/h5-6,8,10,14-15,18,26,28-30,33H,1-4H3,(H2,24,32)/t8-,10+,14+,15+,18-,23-/m1/s1. The molecule has 0 aromatic heterocycles. The number of ketones is 2. The number of phenolic OH excluding ortho intramolecular Hbond substituents is 1. The Bertz CT molecular complexity index is 1180. The largest absolute Gasteiger partial charge is 0.510 e. The zero-order valence-electron chi connectivity index (χ0n) is 18.5. The van der Waals surface area contributed by atoms with Gasteiger partial charge in [-0.3, -0.25) is 19.3 Å². The molecule has 3 aliphatic carbocycles. The first-order valence-corrected chi connectivity index (χ1v) is 10.4. The highest BCUT2D eigenvalue weighted by atomic mass is 16.4. The van der Waals surface area contributed by atoms with Gasteiger partial charge in [0.2, 0.25) is 5.78 Å². The van der Waals surface area contributed by atoms with Crippen molar-refractivity contribution in [3.05, 3.63) is 51.5 Å². The van der Waals surface area contributed by atoms with Crippen molar-refractivity contribution in [2.45, 2.75) is 37.5 Å². The quantitative estimate of drug-likeness (QED) is 0.331. The number of Topliss-reactive ketones (excluding diaryl/α,β-unsaturated/α-hetero) is 2. The summed E-state index contributed by atoms with van der Waals surface area (Å²) in [6.07, 6.45) is -1.59. The molecule has 7 N–H and O–H groups in total. The first-order valence-electron chi connectivity index (χ1n) is 10.4. The molecule has 0 aliphatic heterocycles. The Morgan fingerprint density at radius 1 is 1.15 bits per heavy atom. The van der Waals surface area contributed by atoms with Crippen LogP contribution in [0, 0.1) is 18.8 Å². The average molecular weight is 458 g/mol. The van der Waals surface area contributed by atoms with E-state index in [0.717, 1.165) is 0 Å². The Labute approximate surface area is 189 Å². The van der Waals surface area contributed by atoms with Crippen molar-refractivity contribution in [2.75, 3.05) is 14.1 Å². The third kappa shape index (κ3) is 2.68. The number of aryl methyl sites for hydroxylation is 1. The zero-order valence-corrected chi connectivity index (χ0v) is 18.5. The summed E-state index contributed by atoms with van der Waals surface area (Å²) in [6.45, 7) is 3.28. The second-order valence-corrected chi connectivity index (χ2v) is 9.25. The van der Waals surface area contributed by atoms with Crippen LogP contribution in [0.5, 0.6) is 5.75 Å². The number of primary amides is 1. The van der Waals surface area contributed by atoms with Crippen molar-refractivity contribution < 1.29 is 39.9 Å². The number of nitrogens with two attached hydrogens (primary N) is 1. The lowest BCUT2D eigenvalue weighted by Crippen LogP contribution is -2.68. The summed E-state index contributed by atoms with van der Waals surface area (Å²) in [5.41, 5.74) is 1.81. The molecule has 0 spiro atoms. The van der Waals surface area contributed by atoms with Crippen LogP contribution in [0.2, 0.25) is 0 Å². The van der Waals surface area contributed by atoms with Crippen LogP contribution >= 0.6 is 0 Å². The lowest BCUT2D eigenvalue weighted by molar-refractivity contribution is -0.162. The summed E-state index contributed by atoms with van der Waals surface area (Å²) in [5.74, 6) is -8.81. The number of carbonyl (C=O) groups is 3. The first-order chi connectivity index (χ1) is 15.3. The molecule has 4 rings (SSSR count). The van der Waals surface area contributed by atoms with E-state index in [1.807, 2.05) is 0 Å². The van der Waals surface area contributed by atoms with Crippen molar-refractivity contribution in [3.8, 4) is 5.75 Å². The number of aromatic hydroxyl groups is 1. The number of nitrogens with zero attached hydrogens (tertiary/aromatic N) is 1. The van der Waals surface area contributed by atoms with Crippen LogP contribution in [0.3, 0.4) is 0 Å². The third-order valence-corrected chi connectivity index (χ3v) is 7.33. The van der Waals surface area contributed by atoms with Crippen LogP contribution in [0.15, 0.2) is 34.8 Å². The molecule has 1 aromatic rings. The van der Waals surface area contributed by atoms with E-state index in [0.29, 0.717) is 11.1 Å². The molecule has 0 saturated carbocycles. The molecule has 10 heteroatoms. The Morgan fingerprint density at radius 3 is 2.30 bits per heavy atom. The normalized spacial score (nSPS) is 33.7. The number of aliphatic hydroxyl groups is 4. The van der Waals surface area contributed by atoms with Gasteiger partial charge in [0.25, 0.3) is 5.91 Å². The summed E-state index contributed by atoms with van der Waals surface area (Å²) in [7, 11) is 2.98. The number of benzene rings is 1. The number of amides is 1. The van der Waals surface area contributed by atoms with E-state index in [-0.39, 0.29) is 11.3 Å². The molecule has 6 atom stereocenters. The minimum absolute atomic E-state index is 0.0875. The molecule has 1 aromatic carbocycles. The van der Waals surface area contributed by atoms with Gasteiger partial charge in [-0.25, -0.2) is 0 Å². The summed E-state index contributed by atoms with van der Waals surface area (Å²) >= 11 is 0. The lowest BCUT2D eigenvalue weighted by Gasteiger charge is -2.53. The monoisotopic (exact) mass is 458 g/mol. The van der Waals surface area contributed by atoms with E-state index in [9.17, 15) is 39.9 Å². The van der Waals surface area contributed by atoms with E-state index in [2.05, 4.69) is 0 Å². The minimum atomic E-state index is -2.90. The molecule has 176 valence electrons. The number of fused-ring (bicyclic) bond motifs is 3. The van der Waals surface area contributed by atoms with Gasteiger partial charge in [0, 0.05) is 11.5 Å². The minimum Gasteiger partial charge on any atom is -0.510 e. The highest BCUT2D eigenvalue weighted by Crippen LogP contribution is 2.55. The molecule has 3 aliphatic rings. The maximum atomic E-state index is 13.5. The molecule has 0 bridgehead atoms. The van der Waals surface area contributed by atoms with E-state index in [1.54, 1.807) is 26.0 Å². The average Bonchev–Trinajstić information content (AvgIpc) is 2.72. The maximum absolute atomic E-state index is 13.5. The predicted octanol–water partition coefficient (Wildman–Crippen LogP) is -0.0392. The van der Waals surface area contributed by atoms with Crippen LogP contribution in [-0.2, 0) is 9.59 Å². The van der Waals surface area contributed by atoms with E-state index < -0.39 is 75.6 Å². The molecule has 0 radical (unpaired) electrons. The molecule has 10 nitrogen and oxygen atoms in total.